The summed E-state index contributed by atoms with van der Waals surface area (Å²) in [5, 5.41) is 3.36. The molecule has 1 unspecified atom stereocenters. The van der Waals surface area contributed by atoms with Gasteiger partial charge in [0.25, 0.3) is 0 Å². The molecular weight excluding hydrogens is 300 g/mol. The summed E-state index contributed by atoms with van der Waals surface area (Å²) in [6.07, 6.45) is 0. The molecule has 0 saturated carbocycles. The molecule has 2 aromatic carbocycles. The number of benzene rings is 2. The zero-order valence-electron chi connectivity index (χ0n) is 14.6. The van der Waals surface area contributed by atoms with Crippen molar-refractivity contribution in [2.75, 3.05) is 6.54 Å². The number of nitrogens with two attached hydrogens (primary N) is 1. The summed E-state index contributed by atoms with van der Waals surface area (Å²) in [5.41, 5.74) is 7.12. The molecule has 0 aromatic heterocycles. The van der Waals surface area contributed by atoms with E-state index in [1.54, 1.807) is 0 Å². The predicted molar refractivity (Wildman–Crippen MR) is 96.6 cm³/mol. The Morgan fingerprint density at radius 2 is 1.75 bits per heavy atom. The Balaban J connectivity index is 1.88. The van der Waals surface area contributed by atoms with Crippen LogP contribution in [0.5, 0.6) is 5.75 Å². The third kappa shape index (κ3) is 5.10. The molecule has 2 aromatic rings. The Labute approximate surface area is 144 Å². The lowest BCUT2D eigenvalue weighted by atomic mass is 9.92. The minimum atomic E-state index is -0.563. The fourth-order valence-electron chi connectivity index (χ4n) is 2.21. The highest BCUT2D eigenvalue weighted by atomic mass is 16.5. The second-order valence-electron chi connectivity index (χ2n) is 6.69. The molecule has 0 heterocycles. The Morgan fingerprint density at radius 1 is 1.12 bits per heavy atom. The van der Waals surface area contributed by atoms with Crippen molar-refractivity contribution >= 4 is 5.91 Å². The first kappa shape index (κ1) is 18.0. The van der Waals surface area contributed by atoms with Crippen molar-refractivity contribution < 1.29 is 9.53 Å². The molecule has 0 spiro atoms. The van der Waals surface area contributed by atoms with Gasteiger partial charge in [0.15, 0.2) is 0 Å². The minimum absolute atomic E-state index is 0.131. The van der Waals surface area contributed by atoms with Gasteiger partial charge in [-0.05, 0) is 44.0 Å². The number of ether oxygens (including phenoxy) is 1. The number of primary amides is 1. The zero-order valence-corrected chi connectivity index (χ0v) is 14.6. The van der Waals surface area contributed by atoms with E-state index in [-0.39, 0.29) is 11.9 Å². The Kier molecular flexibility index (Phi) is 5.99. The average molecular weight is 326 g/mol. The topological polar surface area (TPSA) is 64.3 Å². The molecule has 0 fully saturated rings. The summed E-state index contributed by atoms with van der Waals surface area (Å²) in [5.74, 6) is 0.541. The first-order chi connectivity index (χ1) is 11.4. The van der Waals surface area contributed by atoms with E-state index in [0.29, 0.717) is 13.2 Å². The second kappa shape index (κ2) is 7.97. The van der Waals surface area contributed by atoms with Gasteiger partial charge >= 0.3 is 0 Å². The zero-order chi connectivity index (χ0) is 17.6. The highest BCUT2D eigenvalue weighted by Gasteiger charge is 2.25. The number of amides is 1. The van der Waals surface area contributed by atoms with E-state index in [0.717, 1.165) is 16.9 Å². The van der Waals surface area contributed by atoms with Gasteiger partial charge in [-0.1, -0.05) is 42.5 Å². The summed E-state index contributed by atoms with van der Waals surface area (Å²) >= 11 is 0. The third-order valence-corrected chi connectivity index (χ3v) is 4.15. The van der Waals surface area contributed by atoms with Gasteiger partial charge < -0.3 is 15.8 Å². The first-order valence-corrected chi connectivity index (χ1v) is 8.18. The van der Waals surface area contributed by atoms with Crippen molar-refractivity contribution in [2.45, 2.75) is 33.4 Å². The van der Waals surface area contributed by atoms with E-state index in [9.17, 15) is 4.79 Å². The molecule has 0 bridgehead atoms. The molecule has 4 nitrogen and oxygen atoms in total. The number of hydrogen-bond donors (Lipinski definition) is 2. The van der Waals surface area contributed by atoms with Crippen LogP contribution in [-0.2, 0) is 11.4 Å². The van der Waals surface area contributed by atoms with Crippen molar-refractivity contribution in [3.05, 3.63) is 65.7 Å². The van der Waals surface area contributed by atoms with Crippen LogP contribution in [0.2, 0.25) is 0 Å². The monoisotopic (exact) mass is 326 g/mol. The van der Waals surface area contributed by atoms with Crippen LogP contribution < -0.4 is 15.8 Å². The third-order valence-electron chi connectivity index (χ3n) is 4.15. The highest BCUT2D eigenvalue weighted by Crippen LogP contribution is 2.20. The smallest absolute Gasteiger partial charge is 0.224 e. The number of carbonyl (C=O) groups excluding carboxylic acids is 1. The van der Waals surface area contributed by atoms with Gasteiger partial charge in [0, 0.05) is 12.6 Å². The lowest BCUT2D eigenvalue weighted by Gasteiger charge is -2.24. The standard InChI is InChI=1S/C20H26N2O2/c1-15(22-14-20(2,3)19(21)23)17-9-11-18(12-10-17)24-13-16-7-5-4-6-8-16/h4-12,15,22H,13-14H2,1-3H3,(H2,21,23). The molecule has 0 aliphatic heterocycles. The van der Waals surface area contributed by atoms with E-state index in [4.69, 9.17) is 10.5 Å². The average Bonchev–Trinajstić information content (AvgIpc) is 2.59. The molecule has 1 atom stereocenters. The number of carbonyl (C=O) groups is 1. The van der Waals surface area contributed by atoms with Gasteiger partial charge in [0.2, 0.25) is 5.91 Å². The number of hydrogen-bond acceptors (Lipinski definition) is 3. The molecule has 3 N–H and O–H groups in total. The predicted octanol–water partition coefficient (Wildman–Crippen LogP) is 3.43. The van der Waals surface area contributed by atoms with Crippen LogP contribution in [0.4, 0.5) is 0 Å². The molecular formula is C20H26N2O2. The van der Waals surface area contributed by atoms with Crippen LogP contribution >= 0.6 is 0 Å². The van der Waals surface area contributed by atoms with E-state index in [1.165, 1.54) is 0 Å². The maximum Gasteiger partial charge on any atom is 0.224 e. The van der Waals surface area contributed by atoms with Crippen molar-refractivity contribution in [2.24, 2.45) is 11.1 Å². The molecule has 4 heteroatoms. The van der Waals surface area contributed by atoms with Crippen molar-refractivity contribution in [3.8, 4) is 5.75 Å². The molecule has 0 radical (unpaired) electrons. The number of rotatable bonds is 8. The summed E-state index contributed by atoms with van der Waals surface area (Å²) in [4.78, 5) is 11.4. The Morgan fingerprint density at radius 3 is 2.33 bits per heavy atom. The van der Waals surface area contributed by atoms with Crippen LogP contribution in [0.3, 0.4) is 0 Å². The lowest BCUT2D eigenvalue weighted by Crippen LogP contribution is -2.41. The van der Waals surface area contributed by atoms with Crippen LogP contribution in [-0.4, -0.2) is 12.5 Å². The van der Waals surface area contributed by atoms with Gasteiger partial charge in [-0.2, -0.15) is 0 Å². The van der Waals surface area contributed by atoms with E-state index in [2.05, 4.69) is 12.2 Å². The maximum atomic E-state index is 11.4. The molecule has 1 amide bonds. The van der Waals surface area contributed by atoms with Crippen LogP contribution in [0.15, 0.2) is 54.6 Å². The minimum Gasteiger partial charge on any atom is -0.489 e. The molecule has 24 heavy (non-hydrogen) atoms. The van der Waals surface area contributed by atoms with Gasteiger partial charge in [0.1, 0.15) is 12.4 Å². The van der Waals surface area contributed by atoms with Crippen LogP contribution in [0, 0.1) is 5.41 Å². The molecule has 128 valence electrons. The van der Waals surface area contributed by atoms with Gasteiger partial charge in [-0.3, -0.25) is 4.79 Å². The van der Waals surface area contributed by atoms with Crippen molar-refractivity contribution in [3.63, 3.8) is 0 Å². The highest BCUT2D eigenvalue weighted by molar-refractivity contribution is 5.80. The molecule has 0 aliphatic carbocycles. The lowest BCUT2D eigenvalue weighted by molar-refractivity contribution is -0.125. The van der Waals surface area contributed by atoms with Crippen molar-refractivity contribution in [1.29, 1.82) is 0 Å². The summed E-state index contributed by atoms with van der Waals surface area (Å²) < 4.78 is 5.79. The van der Waals surface area contributed by atoms with E-state index < -0.39 is 5.41 Å². The van der Waals surface area contributed by atoms with Crippen LogP contribution in [0.1, 0.15) is 37.9 Å². The largest absolute Gasteiger partial charge is 0.489 e. The summed E-state index contributed by atoms with van der Waals surface area (Å²) in [6.45, 7) is 6.85. The van der Waals surface area contributed by atoms with Gasteiger partial charge in [0.05, 0.1) is 5.41 Å². The quantitative estimate of drug-likeness (QED) is 0.781. The number of nitrogens with one attached hydrogen (secondary N) is 1. The van der Waals surface area contributed by atoms with Crippen molar-refractivity contribution in [1.82, 2.24) is 5.32 Å². The van der Waals surface area contributed by atoms with Gasteiger partial charge in [-0.15, -0.1) is 0 Å². The normalized spacial score (nSPS) is 12.6. The fraction of sp³-hybridized carbons (Fsp3) is 0.350. The summed E-state index contributed by atoms with van der Waals surface area (Å²) in [6, 6.07) is 18.2. The SMILES string of the molecule is CC(NCC(C)(C)C(N)=O)c1ccc(OCc2ccccc2)cc1. The second-order valence-corrected chi connectivity index (χ2v) is 6.69. The van der Waals surface area contributed by atoms with Crippen LogP contribution in [0.25, 0.3) is 0 Å². The Bertz CT molecular complexity index is 651. The maximum absolute atomic E-state index is 11.4. The van der Waals surface area contributed by atoms with E-state index in [1.807, 2.05) is 68.4 Å². The fourth-order valence-corrected chi connectivity index (χ4v) is 2.21. The van der Waals surface area contributed by atoms with E-state index >= 15 is 0 Å². The van der Waals surface area contributed by atoms with Gasteiger partial charge in [-0.25, -0.2) is 0 Å². The Hall–Kier alpha value is -2.33. The molecule has 0 saturated heterocycles. The molecule has 2 rings (SSSR count). The summed E-state index contributed by atoms with van der Waals surface area (Å²) in [7, 11) is 0. The first-order valence-electron chi connectivity index (χ1n) is 8.18. The molecule has 0 aliphatic rings.